The average molecular weight is 237 g/mol. The first-order valence-electron chi connectivity index (χ1n) is 5.49. The molecule has 0 bridgehead atoms. The maximum atomic E-state index is 11.2. The normalized spacial score (nSPS) is 9.93. The fourth-order valence-electron chi connectivity index (χ4n) is 1.50. The minimum absolute atomic E-state index is 0. The third-order valence-electron chi connectivity index (χ3n) is 2.36. The van der Waals surface area contributed by atoms with E-state index in [1.54, 1.807) is 6.07 Å². The third-order valence-corrected chi connectivity index (χ3v) is 3.23. The molecular weight excluding hydrogens is 217 g/mol. The Bertz CT molecular complexity index is 295. The van der Waals surface area contributed by atoms with E-state index in [2.05, 4.69) is 6.92 Å². The second-order valence-electron chi connectivity index (χ2n) is 3.62. The van der Waals surface area contributed by atoms with Crippen molar-refractivity contribution in [2.75, 3.05) is 0 Å². The van der Waals surface area contributed by atoms with Gasteiger partial charge in [-0.3, -0.25) is 8.75 Å². The summed E-state index contributed by atoms with van der Waals surface area (Å²) < 4.78 is 1.83. The zero-order valence-electron chi connectivity index (χ0n) is 8.87. The van der Waals surface area contributed by atoms with Crippen LogP contribution in [0.5, 0.6) is 0 Å². The quantitative estimate of drug-likeness (QED) is 0.528. The van der Waals surface area contributed by atoms with Crippen molar-refractivity contribution in [3.63, 3.8) is 0 Å². The molecule has 0 N–H and O–H groups in total. The van der Waals surface area contributed by atoms with E-state index >= 15 is 0 Å². The molecule has 0 saturated carbocycles. The van der Waals surface area contributed by atoms with Crippen LogP contribution >= 0.6 is 11.5 Å². The molecule has 0 aromatic carbocycles. The van der Waals surface area contributed by atoms with Gasteiger partial charge in [0.15, 0.2) is 0 Å². The molecule has 2 nitrogen and oxygen atoms in total. The number of hydrogen-bond acceptors (Lipinski definition) is 2. The Hall–Kier alpha value is 0.430. The molecule has 0 fully saturated rings. The Morgan fingerprint density at radius 3 is 2.47 bits per heavy atom. The molecule has 0 saturated heterocycles. The fraction of sp³-hybridized carbons (Fsp3) is 0.727. The number of rotatable bonds is 7. The molecule has 0 aliphatic heterocycles. The molecule has 1 aromatic heterocycles. The summed E-state index contributed by atoms with van der Waals surface area (Å²) in [5, 5.41) is 1.86. The molecule has 1 aromatic rings. The van der Waals surface area contributed by atoms with Gasteiger partial charge in [0.1, 0.15) is 0 Å². The van der Waals surface area contributed by atoms with Crippen LogP contribution in [0.4, 0.5) is 0 Å². The summed E-state index contributed by atoms with van der Waals surface area (Å²) in [4.78, 5) is 11.2. The van der Waals surface area contributed by atoms with Gasteiger partial charge in [-0.15, -0.1) is 0 Å². The van der Waals surface area contributed by atoms with E-state index in [9.17, 15) is 4.79 Å². The van der Waals surface area contributed by atoms with Gasteiger partial charge in [0, 0.05) is 18.0 Å². The molecular formula is C11H20NNaOS. The molecule has 0 spiro atoms. The first-order valence-corrected chi connectivity index (χ1v) is 6.33. The van der Waals surface area contributed by atoms with Crippen LogP contribution in [-0.2, 0) is 6.54 Å². The first-order chi connectivity index (χ1) is 6.84. The second kappa shape index (κ2) is 9.64. The van der Waals surface area contributed by atoms with Gasteiger partial charge in [0.25, 0.3) is 5.56 Å². The van der Waals surface area contributed by atoms with Crippen LogP contribution in [0.1, 0.15) is 45.4 Å². The van der Waals surface area contributed by atoms with Crippen LogP contribution in [0.15, 0.2) is 16.2 Å². The van der Waals surface area contributed by atoms with Crippen LogP contribution in [0, 0.1) is 0 Å². The molecule has 1 heterocycles. The van der Waals surface area contributed by atoms with E-state index in [-0.39, 0.29) is 35.1 Å². The molecule has 0 unspecified atom stereocenters. The van der Waals surface area contributed by atoms with Crippen LogP contribution in [0.3, 0.4) is 0 Å². The zero-order chi connectivity index (χ0) is 10.2. The van der Waals surface area contributed by atoms with E-state index in [4.69, 9.17) is 0 Å². The number of aryl methyl sites for hydroxylation is 1. The summed E-state index contributed by atoms with van der Waals surface area (Å²) in [5.41, 5.74) is 0.156. The Morgan fingerprint density at radius 1 is 1.20 bits per heavy atom. The summed E-state index contributed by atoms with van der Waals surface area (Å²) in [7, 11) is 0. The molecule has 0 amide bonds. The molecule has 82 valence electrons. The van der Waals surface area contributed by atoms with Crippen molar-refractivity contribution in [1.29, 1.82) is 0 Å². The van der Waals surface area contributed by atoms with E-state index in [1.165, 1.54) is 43.6 Å². The summed E-state index contributed by atoms with van der Waals surface area (Å²) in [5.74, 6) is 0. The van der Waals surface area contributed by atoms with E-state index in [1.807, 2.05) is 9.34 Å². The summed E-state index contributed by atoms with van der Waals surface area (Å²) in [6, 6.07) is 1.64. The molecule has 0 aliphatic carbocycles. The summed E-state index contributed by atoms with van der Waals surface area (Å²) in [6.07, 6.45) is 7.70. The number of nitrogens with zero attached hydrogens (tertiary/aromatic N) is 1. The SMILES string of the molecule is CCCCCCCCn1sccc1=O.[NaH]. The maximum absolute atomic E-state index is 11.2. The van der Waals surface area contributed by atoms with Crippen LogP contribution in [-0.4, -0.2) is 33.5 Å². The van der Waals surface area contributed by atoms with Gasteiger partial charge < -0.3 is 0 Å². The summed E-state index contributed by atoms with van der Waals surface area (Å²) >= 11 is 1.52. The van der Waals surface area contributed by atoms with Crippen molar-refractivity contribution >= 4 is 41.1 Å². The van der Waals surface area contributed by atoms with Crippen molar-refractivity contribution in [2.24, 2.45) is 0 Å². The van der Waals surface area contributed by atoms with E-state index < -0.39 is 0 Å². The molecule has 0 aliphatic rings. The molecule has 4 heteroatoms. The zero-order valence-corrected chi connectivity index (χ0v) is 9.68. The molecule has 15 heavy (non-hydrogen) atoms. The van der Waals surface area contributed by atoms with Gasteiger partial charge >= 0.3 is 29.6 Å². The van der Waals surface area contributed by atoms with Gasteiger partial charge in [0.05, 0.1) is 0 Å². The molecule has 0 atom stereocenters. The van der Waals surface area contributed by atoms with Gasteiger partial charge in [-0.1, -0.05) is 50.6 Å². The standard InChI is InChI=1S/C11H19NOS.Na.H/c1-2-3-4-5-6-7-9-12-11(13)8-10-14-12;;/h8,10H,2-7,9H2,1H3;;. The van der Waals surface area contributed by atoms with Gasteiger partial charge in [-0.25, -0.2) is 0 Å². The predicted molar refractivity (Wildman–Crippen MR) is 69.1 cm³/mol. The van der Waals surface area contributed by atoms with Gasteiger partial charge in [-0.05, 0) is 6.42 Å². The minimum atomic E-state index is 0. The number of hydrogen-bond donors (Lipinski definition) is 0. The van der Waals surface area contributed by atoms with Crippen molar-refractivity contribution in [3.05, 3.63) is 21.8 Å². The number of unbranched alkanes of at least 4 members (excludes halogenated alkanes) is 5. The Kier molecular flexibility index (Phi) is 9.92. The second-order valence-corrected chi connectivity index (χ2v) is 4.54. The number of aromatic nitrogens is 1. The van der Waals surface area contributed by atoms with Crippen molar-refractivity contribution in [2.45, 2.75) is 52.0 Å². The Morgan fingerprint density at radius 2 is 1.87 bits per heavy atom. The monoisotopic (exact) mass is 237 g/mol. The Labute approximate surface area is 118 Å². The third kappa shape index (κ3) is 6.56. The van der Waals surface area contributed by atoms with E-state index in [0.29, 0.717) is 0 Å². The predicted octanol–water partition coefficient (Wildman–Crippen LogP) is 2.62. The van der Waals surface area contributed by atoms with Crippen LogP contribution in [0.25, 0.3) is 0 Å². The first kappa shape index (κ1) is 15.4. The molecule has 0 radical (unpaired) electrons. The van der Waals surface area contributed by atoms with Crippen molar-refractivity contribution in [1.82, 2.24) is 3.96 Å². The van der Waals surface area contributed by atoms with Crippen LogP contribution < -0.4 is 5.56 Å². The summed E-state index contributed by atoms with van der Waals surface area (Å²) in [6.45, 7) is 3.13. The Balaban J connectivity index is 0.00000196. The van der Waals surface area contributed by atoms with E-state index in [0.717, 1.165) is 13.0 Å². The van der Waals surface area contributed by atoms with Crippen LogP contribution in [0.2, 0.25) is 0 Å². The fourth-order valence-corrected chi connectivity index (χ4v) is 2.22. The van der Waals surface area contributed by atoms with Gasteiger partial charge in [0.2, 0.25) is 0 Å². The average Bonchev–Trinajstić information content (AvgIpc) is 2.58. The van der Waals surface area contributed by atoms with Crippen molar-refractivity contribution in [3.8, 4) is 0 Å². The molecule has 1 rings (SSSR count). The van der Waals surface area contributed by atoms with Crippen molar-refractivity contribution < 1.29 is 0 Å². The van der Waals surface area contributed by atoms with Gasteiger partial charge in [-0.2, -0.15) is 0 Å². The topological polar surface area (TPSA) is 22.0 Å².